The van der Waals surface area contributed by atoms with Crippen molar-refractivity contribution in [3.63, 3.8) is 0 Å². The lowest BCUT2D eigenvalue weighted by Crippen LogP contribution is -2.32. The molecule has 0 radical (unpaired) electrons. The van der Waals surface area contributed by atoms with Crippen LogP contribution in [0, 0.1) is 0 Å². The number of rotatable bonds is 5. The van der Waals surface area contributed by atoms with E-state index in [4.69, 9.17) is 5.73 Å². The summed E-state index contributed by atoms with van der Waals surface area (Å²) in [5.41, 5.74) is 7.53. The minimum atomic E-state index is -0.0549. The third-order valence-electron chi connectivity index (χ3n) is 3.24. The molecule has 2 rings (SSSR count). The van der Waals surface area contributed by atoms with Gasteiger partial charge < -0.3 is 15.2 Å². The Labute approximate surface area is 118 Å². The van der Waals surface area contributed by atoms with Crippen molar-refractivity contribution in [2.45, 2.75) is 26.9 Å². The maximum Gasteiger partial charge on any atom is 0.293 e. The summed E-state index contributed by atoms with van der Waals surface area (Å²) >= 11 is 0. The van der Waals surface area contributed by atoms with Gasteiger partial charge in [-0.25, -0.2) is 4.98 Å². The Balaban J connectivity index is 2.31. The van der Waals surface area contributed by atoms with E-state index in [0.717, 1.165) is 11.3 Å². The number of nitrogen functional groups attached to an aromatic ring is 1. The van der Waals surface area contributed by atoms with Crippen LogP contribution >= 0.6 is 0 Å². The van der Waals surface area contributed by atoms with E-state index in [1.54, 1.807) is 17.0 Å². The van der Waals surface area contributed by atoms with Crippen LogP contribution in [0.1, 0.15) is 19.4 Å². The topological polar surface area (TPSA) is 64.2 Å². The maximum atomic E-state index is 12.3. The molecule has 20 heavy (non-hydrogen) atoms. The summed E-state index contributed by atoms with van der Waals surface area (Å²) in [6.45, 7) is 5.93. The molecule has 5 nitrogen and oxygen atoms in total. The number of nitrogens with zero attached hydrogens (tertiary/aromatic N) is 3. The van der Waals surface area contributed by atoms with Gasteiger partial charge in [0.2, 0.25) is 0 Å². The molecular weight excluding hydrogens is 252 g/mol. The third kappa shape index (κ3) is 2.99. The quantitative estimate of drug-likeness (QED) is 0.844. The van der Waals surface area contributed by atoms with E-state index < -0.39 is 0 Å². The summed E-state index contributed by atoms with van der Waals surface area (Å²) in [5, 5.41) is 0. The van der Waals surface area contributed by atoms with Crippen LogP contribution in [-0.4, -0.2) is 16.1 Å². The molecule has 0 spiro atoms. The molecule has 2 N–H and O–H groups in total. The van der Waals surface area contributed by atoms with Gasteiger partial charge in [0, 0.05) is 37.7 Å². The molecule has 0 aliphatic rings. The normalized spacial score (nSPS) is 10.5. The molecule has 5 heteroatoms. The van der Waals surface area contributed by atoms with Crippen LogP contribution in [0.5, 0.6) is 0 Å². The highest BCUT2D eigenvalue weighted by Gasteiger charge is 2.12. The summed E-state index contributed by atoms with van der Waals surface area (Å²) in [7, 11) is 0. The molecule has 0 amide bonds. The van der Waals surface area contributed by atoms with Crippen LogP contribution in [0.15, 0.2) is 41.5 Å². The Morgan fingerprint density at radius 2 is 2.15 bits per heavy atom. The highest BCUT2D eigenvalue weighted by Crippen LogP contribution is 2.12. The van der Waals surface area contributed by atoms with E-state index in [2.05, 4.69) is 4.98 Å². The van der Waals surface area contributed by atoms with Crippen molar-refractivity contribution in [3.8, 4) is 0 Å². The first-order valence-electron chi connectivity index (χ1n) is 6.80. The smallest absolute Gasteiger partial charge is 0.293 e. The number of nitrogens with two attached hydrogens (primary N) is 1. The van der Waals surface area contributed by atoms with Crippen LogP contribution in [-0.2, 0) is 13.1 Å². The van der Waals surface area contributed by atoms with Gasteiger partial charge >= 0.3 is 0 Å². The molecule has 2 aromatic rings. The van der Waals surface area contributed by atoms with Gasteiger partial charge in [-0.2, -0.15) is 0 Å². The van der Waals surface area contributed by atoms with Crippen LogP contribution in [0.25, 0.3) is 0 Å². The first kappa shape index (κ1) is 14.1. The van der Waals surface area contributed by atoms with Crippen molar-refractivity contribution in [2.75, 3.05) is 17.2 Å². The number of anilines is 2. The standard InChI is InChI=1S/C15H20N4O/c1-3-18-9-8-17-14(15(18)20)19(4-2)11-12-6-5-7-13(16)10-12/h5-10H,3-4,11,16H2,1-2H3. The van der Waals surface area contributed by atoms with Gasteiger partial charge in [-0.1, -0.05) is 12.1 Å². The van der Waals surface area contributed by atoms with Crippen LogP contribution in [0.2, 0.25) is 0 Å². The average molecular weight is 272 g/mol. The second kappa shape index (κ2) is 6.23. The fourth-order valence-electron chi connectivity index (χ4n) is 2.15. The first-order chi connectivity index (χ1) is 9.65. The van der Waals surface area contributed by atoms with E-state index >= 15 is 0 Å². The fraction of sp³-hybridized carbons (Fsp3) is 0.333. The Kier molecular flexibility index (Phi) is 4.40. The van der Waals surface area contributed by atoms with Crippen LogP contribution in [0.4, 0.5) is 11.5 Å². The summed E-state index contributed by atoms with van der Waals surface area (Å²) in [6.07, 6.45) is 3.38. The van der Waals surface area contributed by atoms with Crippen molar-refractivity contribution in [3.05, 3.63) is 52.6 Å². The highest BCUT2D eigenvalue weighted by atomic mass is 16.1. The van der Waals surface area contributed by atoms with Gasteiger partial charge in [0.05, 0.1) is 0 Å². The Morgan fingerprint density at radius 1 is 1.35 bits per heavy atom. The summed E-state index contributed by atoms with van der Waals surface area (Å²) in [4.78, 5) is 18.5. The lowest BCUT2D eigenvalue weighted by Gasteiger charge is -2.22. The zero-order chi connectivity index (χ0) is 14.5. The van der Waals surface area contributed by atoms with Crippen molar-refractivity contribution in [2.24, 2.45) is 0 Å². The van der Waals surface area contributed by atoms with E-state index in [9.17, 15) is 4.79 Å². The van der Waals surface area contributed by atoms with Crippen molar-refractivity contribution < 1.29 is 0 Å². The number of aromatic nitrogens is 2. The second-order valence-corrected chi connectivity index (χ2v) is 4.60. The minimum absolute atomic E-state index is 0.0549. The van der Waals surface area contributed by atoms with Crippen molar-refractivity contribution >= 4 is 11.5 Å². The van der Waals surface area contributed by atoms with Gasteiger partial charge in [-0.3, -0.25) is 4.79 Å². The number of benzene rings is 1. The predicted octanol–water partition coefficient (Wildman–Crippen LogP) is 1.87. The number of hydrogen-bond acceptors (Lipinski definition) is 4. The van der Waals surface area contributed by atoms with E-state index in [0.29, 0.717) is 25.5 Å². The molecule has 1 aromatic heterocycles. The molecule has 106 valence electrons. The molecule has 1 heterocycles. The first-order valence-corrected chi connectivity index (χ1v) is 6.80. The highest BCUT2D eigenvalue weighted by molar-refractivity contribution is 5.43. The van der Waals surface area contributed by atoms with Gasteiger partial charge in [-0.15, -0.1) is 0 Å². The maximum absolute atomic E-state index is 12.3. The van der Waals surface area contributed by atoms with Crippen molar-refractivity contribution in [1.82, 2.24) is 9.55 Å². The molecule has 0 saturated heterocycles. The van der Waals surface area contributed by atoms with Gasteiger partial charge in [-0.05, 0) is 31.5 Å². The molecule has 0 unspecified atom stereocenters. The lowest BCUT2D eigenvalue weighted by atomic mass is 10.2. The molecule has 0 fully saturated rings. The zero-order valence-corrected chi connectivity index (χ0v) is 11.9. The van der Waals surface area contributed by atoms with Crippen LogP contribution in [0.3, 0.4) is 0 Å². The number of aryl methyl sites for hydroxylation is 1. The molecule has 1 aromatic carbocycles. The van der Waals surface area contributed by atoms with E-state index in [1.165, 1.54) is 0 Å². The fourth-order valence-corrected chi connectivity index (χ4v) is 2.15. The molecule has 0 aliphatic heterocycles. The summed E-state index contributed by atoms with van der Waals surface area (Å²) in [6, 6.07) is 7.69. The molecule has 0 saturated carbocycles. The third-order valence-corrected chi connectivity index (χ3v) is 3.24. The monoisotopic (exact) mass is 272 g/mol. The molecule has 0 bridgehead atoms. The van der Waals surface area contributed by atoms with E-state index in [-0.39, 0.29) is 5.56 Å². The van der Waals surface area contributed by atoms with Crippen LogP contribution < -0.4 is 16.2 Å². The molecule has 0 aliphatic carbocycles. The average Bonchev–Trinajstić information content (AvgIpc) is 2.45. The Bertz CT molecular complexity index is 636. The largest absolute Gasteiger partial charge is 0.399 e. The van der Waals surface area contributed by atoms with Gasteiger partial charge in [0.1, 0.15) is 0 Å². The molecular formula is C15H20N4O. The Hall–Kier alpha value is -2.30. The lowest BCUT2D eigenvalue weighted by molar-refractivity contribution is 0.699. The number of hydrogen-bond donors (Lipinski definition) is 1. The van der Waals surface area contributed by atoms with Gasteiger partial charge in [0.25, 0.3) is 5.56 Å². The summed E-state index contributed by atoms with van der Waals surface area (Å²) in [5.74, 6) is 0.485. The Morgan fingerprint density at radius 3 is 2.80 bits per heavy atom. The van der Waals surface area contributed by atoms with E-state index in [1.807, 2.05) is 43.0 Å². The summed E-state index contributed by atoms with van der Waals surface area (Å²) < 4.78 is 1.66. The zero-order valence-electron chi connectivity index (χ0n) is 11.9. The second-order valence-electron chi connectivity index (χ2n) is 4.60. The minimum Gasteiger partial charge on any atom is -0.399 e. The predicted molar refractivity (Wildman–Crippen MR) is 81.7 cm³/mol. The van der Waals surface area contributed by atoms with Gasteiger partial charge in [0.15, 0.2) is 5.82 Å². The van der Waals surface area contributed by atoms with Crippen molar-refractivity contribution in [1.29, 1.82) is 0 Å². The SMILES string of the molecule is CCN(Cc1cccc(N)c1)c1nccn(CC)c1=O. The molecule has 0 atom stereocenters.